The van der Waals surface area contributed by atoms with E-state index >= 15 is 0 Å². The van der Waals surface area contributed by atoms with Crippen molar-refractivity contribution in [3.05, 3.63) is 46.7 Å². The largest absolute Gasteiger partial charge is 0.468 e. The number of aromatic nitrogens is 2. The van der Waals surface area contributed by atoms with E-state index in [0.717, 1.165) is 25.4 Å². The summed E-state index contributed by atoms with van der Waals surface area (Å²) in [6.45, 7) is 5.39. The Morgan fingerprint density at radius 3 is 2.72 bits per heavy atom. The fourth-order valence-corrected chi connectivity index (χ4v) is 3.03. The van der Waals surface area contributed by atoms with Crippen LogP contribution in [-0.4, -0.2) is 56.6 Å². The first kappa shape index (κ1) is 17.2. The summed E-state index contributed by atoms with van der Waals surface area (Å²) in [4.78, 5) is 27.1. The molecule has 1 aliphatic rings. The number of nitrogens with zero attached hydrogens (tertiary/aromatic N) is 5. The van der Waals surface area contributed by atoms with Crippen LogP contribution in [0.2, 0.25) is 0 Å². The minimum Gasteiger partial charge on any atom is -0.468 e. The van der Waals surface area contributed by atoms with Crippen molar-refractivity contribution in [2.24, 2.45) is 0 Å². The van der Waals surface area contributed by atoms with Crippen molar-refractivity contribution < 1.29 is 14.1 Å². The number of carbonyl (C=O) groups is 1. The van der Waals surface area contributed by atoms with Crippen LogP contribution in [0.4, 0.5) is 5.69 Å². The molecular weight excluding hydrogens is 326 g/mol. The zero-order valence-corrected chi connectivity index (χ0v) is 14.1. The summed E-state index contributed by atoms with van der Waals surface area (Å²) in [5.41, 5.74) is -0.102. The molecule has 9 nitrogen and oxygen atoms in total. The summed E-state index contributed by atoms with van der Waals surface area (Å²) >= 11 is 0. The Bertz CT molecular complexity index is 719. The molecule has 134 valence electrons. The standard InChI is InChI=1S/C16H21N5O4/c1-2-15(20-11-13(10-17-20)21(23)24)16(22)19-7-5-18(6-8-19)12-14-4-3-9-25-14/h3-4,9-11,15H,2,5-8,12H2,1H3. The molecule has 0 saturated carbocycles. The van der Waals surface area contributed by atoms with E-state index < -0.39 is 11.0 Å². The minimum absolute atomic E-state index is 0.0434. The molecule has 0 bridgehead atoms. The van der Waals surface area contributed by atoms with Gasteiger partial charge in [0.15, 0.2) is 0 Å². The fourth-order valence-electron chi connectivity index (χ4n) is 3.03. The smallest absolute Gasteiger partial charge is 0.307 e. The van der Waals surface area contributed by atoms with E-state index in [-0.39, 0.29) is 11.6 Å². The van der Waals surface area contributed by atoms with E-state index in [0.29, 0.717) is 19.5 Å². The minimum atomic E-state index is -0.509. The highest BCUT2D eigenvalue weighted by Gasteiger charge is 2.29. The summed E-state index contributed by atoms with van der Waals surface area (Å²) in [5.74, 6) is 0.869. The molecule has 1 aliphatic heterocycles. The molecule has 1 fully saturated rings. The second kappa shape index (κ2) is 7.47. The Morgan fingerprint density at radius 2 is 2.16 bits per heavy atom. The van der Waals surface area contributed by atoms with Gasteiger partial charge in [0.25, 0.3) is 0 Å². The number of hydrogen-bond acceptors (Lipinski definition) is 6. The Hall–Kier alpha value is -2.68. The molecule has 0 spiro atoms. The Kier molecular flexibility index (Phi) is 5.13. The van der Waals surface area contributed by atoms with E-state index in [2.05, 4.69) is 10.00 Å². The lowest BCUT2D eigenvalue weighted by atomic mass is 10.1. The van der Waals surface area contributed by atoms with Crippen molar-refractivity contribution in [1.29, 1.82) is 0 Å². The number of piperazine rings is 1. The average Bonchev–Trinajstić information content (AvgIpc) is 3.28. The van der Waals surface area contributed by atoms with Gasteiger partial charge in [-0.1, -0.05) is 6.92 Å². The maximum Gasteiger partial charge on any atom is 0.307 e. The van der Waals surface area contributed by atoms with Gasteiger partial charge in [-0.15, -0.1) is 0 Å². The fraction of sp³-hybridized carbons (Fsp3) is 0.500. The second-order valence-electron chi connectivity index (χ2n) is 6.04. The van der Waals surface area contributed by atoms with Gasteiger partial charge in [-0.05, 0) is 18.6 Å². The third-order valence-electron chi connectivity index (χ3n) is 4.43. The molecule has 3 rings (SSSR count). The highest BCUT2D eigenvalue weighted by Crippen LogP contribution is 2.19. The number of amides is 1. The van der Waals surface area contributed by atoms with Crippen molar-refractivity contribution in [2.45, 2.75) is 25.9 Å². The molecule has 0 aromatic carbocycles. The quantitative estimate of drug-likeness (QED) is 0.582. The van der Waals surface area contributed by atoms with Crippen molar-refractivity contribution in [2.75, 3.05) is 26.2 Å². The highest BCUT2D eigenvalue weighted by molar-refractivity contribution is 5.80. The van der Waals surface area contributed by atoms with Crippen LogP contribution in [0.25, 0.3) is 0 Å². The molecule has 2 aromatic heterocycles. The molecule has 3 heterocycles. The summed E-state index contributed by atoms with van der Waals surface area (Å²) < 4.78 is 6.76. The van der Waals surface area contributed by atoms with Crippen LogP contribution in [0.5, 0.6) is 0 Å². The van der Waals surface area contributed by atoms with Crippen molar-refractivity contribution in [3.8, 4) is 0 Å². The predicted molar refractivity (Wildman–Crippen MR) is 88.8 cm³/mol. The van der Waals surface area contributed by atoms with Gasteiger partial charge < -0.3 is 9.32 Å². The van der Waals surface area contributed by atoms with Gasteiger partial charge in [0.2, 0.25) is 5.91 Å². The van der Waals surface area contributed by atoms with E-state index in [9.17, 15) is 14.9 Å². The molecule has 1 amide bonds. The van der Waals surface area contributed by atoms with Gasteiger partial charge >= 0.3 is 5.69 Å². The van der Waals surface area contributed by atoms with Gasteiger partial charge in [-0.2, -0.15) is 5.10 Å². The molecule has 0 N–H and O–H groups in total. The summed E-state index contributed by atoms with van der Waals surface area (Å²) in [6.07, 6.45) is 4.69. The molecule has 9 heteroatoms. The molecule has 1 unspecified atom stereocenters. The van der Waals surface area contributed by atoms with E-state index in [1.807, 2.05) is 19.1 Å². The summed E-state index contributed by atoms with van der Waals surface area (Å²) in [5, 5.41) is 14.8. The first-order valence-corrected chi connectivity index (χ1v) is 8.30. The van der Waals surface area contributed by atoms with Gasteiger partial charge in [-0.3, -0.25) is 24.5 Å². The molecule has 1 atom stereocenters. The normalized spacial score (nSPS) is 16.8. The second-order valence-corrected chi connectivity index (χ2v) is 6.04. The zero-order valence-electron chi connectivity index (χ0n) is 14.1. The molecule has 2 aromatic rings. The average molecular weight is 347 g/mol. The monoisotopic (exact) mass is 347 g/mol. The van der Waals surface area contributed by atoms with E-state index in [1.54, 1.807) is 11.2 Å². The van der Waals surface area contributed by atoms with Gasteiger partial charge in [0, 0.05) is 26.2 Å². The number of nitro groups is 1. The van der Waals surface area contributed by atoms with Crippen LogP contribution in [0.15, 0.2) is 35.2 Å². The Balaban J connectivity index is 1.59. The van der Waals surface area contributed by atoms with Crippen molar-refractivity contribution >= 4 is 11.6 Å². The third kappa shape index (κ3) is 3.87. The SMILES string of the molecule is CCC(C(=O)N1CCN(Cc2ccco2)CC1)n1cc([N+](=O)[O-])cn1. The zero-order chi connectivity index (χ0) is 17.8. The first-order valence-electron chi connectivity index (χ1n) is 8.30. The van der Waals surface area contributed by atoms with Crippen LogP contribution in [-0.2, 0) is 11.3 Å². The predicted octanol–water partition coefficient (Wildman–Crippen LogP) is 1.68. The molecule has 0 aliphatic carbocycles. The van der Waals surface area contributed by atoms with Crippen molar-refractivity contribution in [1.82, 2.24) is 19.6 Å². The number of carbonyl (C=O) groups excluding carboxylic acids is 1. The lowest BCUT2D eigenvalue weighted by Gasteiger charge is -2.35. The lowest BCUT2D eigenvalue weighted by molar-refractivity contribution is -0.385. The highest BCUT2D eigenvalue weighted by atomic mass is 16.6. The molecule has 0 radical (unpaired) electrons. The molecular formula is C16H21N5O4. The van der Waals surface area contributed by atoms with Crippen LogP contribution in [0.1, 0.15) is 25.1 Å². The third-order valence-corrected chi connectivity index (χ3v) is 4.43. The first-order chi connectivity index (χ1) is 12.1. The van der Waals surface area contributed by atoms with Crippen LogP contribution in [0.3, 0.4) is 0 Å². The lowest BCUT2D eigenvalue weighted by Crippen LogP contribution is -2.50. The molecule has 1 saturated heterocycles. The summed E-state index contributed by atoms with van der Waals surface area (Å²) in [7, 11) is 0. The van der Waals surface area contributed by atoms with Crippen LogP contribution >= 0.6 is 0 Å². The van der Waals surface area contributed by atoms with Gasteiger partial charge in [0.05, 0.1) is 17.7 Å². The van der Waals surface area contributed by atoms with E-state index in [1.165, 1.54) is 17.1 Å². The number of hydrogen-bond donors (Lipinski definition) is 0. The Labute approximate surface area is 145 Å². The number of rotatable bonds is 6. The van der Waals surface area contributed by atoms with Gasteiger partial charge in [0.1, 0.15) is 24.2 Å². The van der Waals surface area contributed by atoms with Crippen LogP contribution < -0.4 is 0 Å². The summed E-state index contributed by atoms with van der Waals surface area (Å²) in [6, 6.07) is 3.30. The maximum absolute atomic E-state index is 12.8. The van der Waals surface area contributed by atoms with Crippen LogP contribution in [0, 0.1) is 10.1 Å². The van der Waals surface area contributed by atoms with Gasteiger partial charge in [-0.25, -0.2) is 0 Å². The van der Waals surface area contributed by atoms with Crippen molar-refractivity contribution in [3.63, 3.8) is 0 Å². The molecule has 25 heavy (non-hydrogen) atoms. The topological polar surface area (TPSA) is 97.7 Å². The number of furan rings is 1. The van der Waals surface area contributed by atoms with E-state index in [4.69, 9.17) is 4.42 Å². The maximum atomic E-state index is 12.8. The Morgan fingerprint density at radius 1 is 1.40 bits per heavy atom.